The van der Waals surface area contributed by atoms with Gasteiger partial charge in [-0.15, -0.1) is 5.10 Å². The molecule has 3 aromatic rings. The molecule has 1 aromatic carbocycles. The number of pyridine rings is 1. The lowest BCUT2D eigenvalue weighted by molar-refractivity contribution is 0.425. The predicted octanol–water partition coefficient (Wildman–Crippen LogP) is 3.06. The lowest BCUT2D eigenvalue weighted by Crippen LogP contribution is -2.50. The van der Waals surface area contributed by atoms with E-state index in [1.165, 1.54) is 28.5 Å². The van der Waals surface area contributed by atoms with E-state index in [1.54, 1.807) is 0 Å². The van der Waals surface area contributed by atoms with Crippen LogP contribution < -0.4 is 10.2 Å². The van der Waals surface area contributed by atoms with Gasteiger partial charge in [-0.25, -0.2) is 4.98 Å². The number of anilines is 2. The van der Waals surface area contributed by atoms with Gasteiger partial charge in [0.2, 0.25) is 0 Å². The maximum absolute atomic E-state index is 4.51. The number of nitrogens with zero attached hydrogens (tertiary/aromatic N) is 4. The van der Waals surface area contributed by atoms with Crippen LogP contribution in [0.4, 0.5) is 11.6 Å². The lowest BCUT2D eigenvalue weighted by atomic mass is 10.00. The second kappa shape index (κ2) is 5.99. The van der Waals surface area contributed by atoms with E-state index in [1.807, 2.05) is 6.20 Å². The molecular formula is C20H21N5. The van der Waals surface area contributed by atoms with Crippen molar-refractivity contribution in [3.8, 4) is 0 Å². The van der Waals surface area contributed by atoms with Gasteiger partial charge in [0.25, 0.3) is 0 Å². The van der Waals surface area contributed by atoms with E-state index in [9.17, 15) is 0 Å². The molecule has 0 unspecified atom stereocenters. The Hall–Kier alpha value is -2.69. The molecule has 0 atom stereocenters. The number of nitrogens with one attached hydrogen (secondary N) is 1. The van der Waals surface area contributed by atoms with Crippen LogP contribution in [-0.4, -0.2) is 34.8 Å². The first-order valence-electron chi connectivity index (χ1n) is 9.05. The molecule has 25 heavy (non-hydrogen) atoms. The van der Waals surface area contributed by atoms with Gasteiger partial charge in [-0.05, 0) is 42.3 Å². The third-order valence-electron chi connectivity index (χ3n) is 5.32. The van der Waals surface area contributed by atoms with Gasteiger partial charge in [0.15, 0.2) is 5.82 Å². The molecule has 5 heteroatoms. The second-order valence-electron chi connectivity index (χ2n) is 7.06. The summed E-state index contributed by atoms with van der Waals surface area (Å²) in [6.07, 6.45) is 5.34. The Balaban J connectivity index is 1.22. The first-order valence-corrected chi connectivity index (χ1v) is 9.05. The smallest absolute Gasteiger partial charge is 0.151 e. The van der Waals surface area contributed by atoms with Crippen LogP contribution in [-0.2, 0) is 12.8 Å². The van der Waals surface area contributed by atoms with Crippen LogP contribution in [0.3, 0.4) is 0 Å². The van der Waals surface area contributed by atoms with Gasteiger partial charge in [-0.2, -0.15) is 5.10 Å². The van der Waals surface area contributed by atoms with Gasteiger partial charge < -0.3 is 10.2 Å². The molecule has 1 aliphatic carbocycles. The SMILES string of the molecule is c1ccc2c(NCC3CN(c4cc5c(nn4)CCC5)C3)nccc2c1. The largest absolute Gasteiger partial charge is 0.369 e. The molecule has 1 fully saturated rings. The van der Waals surface area contributed by atoms with E-state index in [0.717, 1.165) is 44.1 Å². The number of fused-ring (bicyclic) bond motifs is 2. The highest BCUT2D eigenvalue weighted by Gasteiger charge is 2.29. The first kappa shape index (κ1) is 14.6. The van der Waals surface area contributed by atoms with E-state index >= 15 is 0 Å². The molecule has 0 amide bonds. The highest BCUT2D eigenvalue weighted by molar-refractivity contribution is 5.91. The Morgan fingerprint density at radius 2 is 2.00 bits per heavy atom. The fourth-order valence-electron chi connectivity index (χ4n) is 3.86. The molecule has 0 saturated carbocycles. The van der Waals surface area contributed by atoms with Crippen LogP contribution >= 0.6 is 0 Å². The first-order chi connectivity index (χ1) is 12.4. The van der Waals surface area contributed by atoms with Gasteiger partial charge in [0.05, 0.1) is 5.69 Å². The van der Waals surface area contributed by atoms with E-state index in [2.05, 4.69) is 61.8 Å². The van der Waals surface area contributed by atoms with Crippen molar-refractivity contribution in [1.82, 2.24) is 15.2 Å². The minimum atomic E-state index is 0.621. The average molecular weight is 331 g/mol. The van der Waals surface area contributed by atoms with Crippen molar-refractivity contribution in [1.29, 1.82) is 0 Å². The lowest BCUT2D eigenvalue weighted by Gasteiger charge is -2.40. The number of rotatable bonds is 4. The molecule has 3 heterocycles. The van der Waals surface area contributed by atoms with Crippen LogP contribution in [0.2, 0.25) is 0 Å². The molecule has 2 aliphatic rings. The van der Waals surface area contributed by atoms with Crippen LogP contribution in [0.1, 0.15) is 17.7 Å². The maximum Gasteiger partial charge on any atom is 0.151 e. The average Bonchev–Trinajstić information content (AvgIpc) is 3.08. The fraction of sp³-hybridized carbons (Fsp3) is 0.350. The summed E-state index contributed by atoms with van der Waals surface area (Å²) in [5.41, 5.74) is 2.59. The van der Waals surface area contributed by atoms with Crippen molar-refractivity contribution in [3.63, 3.8) is 0 Å². The molecule has 5 nitrogen and oxygen atoms in total. The summed E-state index contributed by atoms with van der Waals surface area (Å²) in [4.78, 5) is 6.83. The van der Waals surface area contributed by atoms with Gasteiger partial charge in [0, 0.05) is 37.1 Å². The summed E-state index contributed by atoms with van der Waals surface area (Å²) in [5.74, 6) is 2.64. The molecule has 1 saturated heterocycles. The zero-order valence-corrected chi connectivity index (χ0v) is 14.2. The third kappa shape index (κ3) is 2.69. The summed E-state index contributed by atoms with van der Waals surface area (Å²) in [7, 11) is 0. The van der Waals surface area contributed by atoms with Crippen molar-refractivity contribution in [2.75, 3.05) is 29.9 Å². The molecule has 5 rings (SSSR count). The molecular weight excluding hydrogens is 310 g/mol. The quantitative estimate of drug-likeness (QED) is 0.796. The molecule has 2 aromatic heterocycles. The molecule has 1 N–H and O–H groups in total. The van der Waals surface area contributed by atoms with E-state index in [0.29, 0.717) is 5.92 Å². The number of aromatic nitrogens is 3. The minimum Gasteiger partial charge on any atom is -0.369 e. The Morgan fingerprint density at radius 3 is 2.96 bits per heavy atom. The van der Waals surface area contributed by atoms with Crippen molar-refractivity contribution < 1.29 is 0 Å². The van der Waals surface area contributed by atoms with E-state index in [4.69, 9.17) is 0 Å². The number of hydrogen-bond acceptors (Lipinski definition) is 5. The summed E-state index contributed by atoms with van der Waals surface area (Å²) in [5, 5.41) is 14.7. The van der Waals surface area contributed by atoms with Gasteiger partial charge in [-0.3, -0.25) is 0 Å². The zero-order chi connectivity index (χ0) is 16.6. The summed E-state index contributed by atoms with van der Waals surface area (Å²) >= 11 is 0. The number of hydrogen-bond donors (Lipinski definition) is 1. The minimum absolute atomic E-state index is 0.621. The van der Waals surface area contributed by atoms with Crippen molar-refractivity contribution in [2.24, 2.45) is 5.92 Å². The molecule has 1 aliphatic heterocycles. The summed E-state index contributed by atoms with van der Waals surface area (Å²) < 4.78 is 0. The van der Waals surface area contributed by atoms with Gasteiger partial charge >= 0.3 is 0 Å². The second-order valence-corrected chi connectivity index (χ2v) is 7.06. The highest BCUT2D eigenvalue weighted by atomic mass is 15.3. The maximum atomic E-state index is 4.51. The third-order valence-corrected chi connectivity index (χ3v) is 5.32. The Bertz CT molecular complexity index is 912. The van der Waals surface area contributed by atoms with Gasteiger partial charge in [0.1, 0.15) is 5.82 Å². The summed E-state index contributed by atoms with van der Waals surface area (Å²) in [6, 6.07) is 12.7. The van der Waals surface area contributed by atoms with Crippen LogP contribution in [0, 0.1) is 5.92 Å². The fourth-order valence-corrected chi connectivity index (χ4v) is 3.86. The molecule has 0 spiro atoms. The highest BCUT2D eigenvalue weighted by Crippen LogP contribution is 2.28. The predicted molar refractivity (Wildman–Crippen MR) is 100.0 cm³/mol. The zero-order valence-electron chi connectivity index (χ0n) is 14.2. The standard InChI is InChI=1S/C20H21N5/c1-2-6-17-15(4-1)8-9-21-20(17)22-11-14-12-25(13-14)19-10-16-5-3-7-18(16)23-24-19/h1-2,4,6,8-10,14H,3,5,7,11-13H2,(H,21,22). The molecule has 0 radical (unpaired) electrons. The van der Waals surface area contributed by atoms with Crippen molar-refractivity contribution in [3.05, 3.63) is 53.9 Å². The molecule has 126 valence electrons. The van der Waals surface area contributed by atoms with Crippen molar-refractivity contribution >= 4 is 22.4 Å². The monoisotopic (exact) mass is 331 g/mol. The van der Waals surface area contributed by atoms with E-state index in [-0.39, 0.29) is 0 Å². The van der Waals surface area contributed by atoms with Gasteiger partial charge in [-0.1, -0.05) is 24.3 Å². The van der Waals surface area contributed by atoms with Crippen molar-refractivity contribution in [2.45, 2.75) is 19.3 Å². The Labute approximate surface area is 147 Å². The Kier molecular flexibility index (Phi) is 3.51. The van der Waals surface area contributed by atoms with Crippen LogP contribution in [0.5, 0.6) is 0 Å². The summed E-state index contributed by atoms with van der Waals surface area (Å²) in [6.45, 7) is 3.01. The number of aryl methyl sites for hydroxylation is 2. The normalized spacial score (nSPS) is 16.7. The van der Waals surface area contributed by atoms with Crippen LogP contribution in [0.15, 0.2) is 42.6 Å². The topological polar surface area (TPSA) is 53.9 Å². The molecule has 0 bridgehead atoms. The van der Waals surface area contributed by atoms with Crippen LogP contribution in [0.25, 0.3) is 10.8 Å². The Morgan fingerprint density at radius 1 is 1.08 bits per heavy atom. The van der Waals surface area contributed by atoms with E-state index < -0.39 is 0 Å². The number of benzene rings is 1.